The Labute approximate surface area is 98.3 Å². The molecule has 0 aliphatic carbocycles. The SMILES string of the molecule is CSc1cccc(Nc2nccc(N)n2)c1. The van der Waals surface area contributed by atoms with Crippen molar-refractivity contribution >= 4 is 29.2 Å². The van der Waals surface area contributed by atoms with Gasteiger partial charge in [-0.15, -0.1) is 11.8 Å². The van der Waals surface area contributed by atoms with Gasteiger partial charge in [0.05, 0.1) is 0 Å². The molecule has 1 aromatic heterocycles. The number of aromatic nitrogens is 2. The van der Waals surface area contributed by atoms with Crippen molar-refractivity contribution in [1.82, 2.24) is 9.97 Å². The minimum atomic E-state index is 0.457. The molecule has 0 atom stereocenters. The second-order valence-electron chi connectivity index (χ2n) is 3.16. The first-order valence-corrected chi connectivity index (χ1v) is 6.00. The summed E-state index contributed by atoms with van der Waals surface area (Å²) in [6.07, 6.45) is 3.67. The molecule has 0 fully saturated rings. The molecule has 0 spiro atoms. The van der Waals surface area contributed by atoms with Gasteiger partial charge in [-0.25, -0.2) is 4.98 Å². The molecule has 0 saturated heterocycles. The van der Waals surface area contributed by atoms with Gasteiger partial charge in [0.25, 0.3) is 0 Å². The highest BCUT2D eigenvalue weighted by Crippen LogP contribution is 2.20. The Hall–Kier alpha value is -1.75. The predicted molar refractivity (Wildman–Crippen MR) is 68.0 cm³/mol. The van der Waals surface area contributed by atoms with Crippen LogP contribution >= 0.6 is 11.8 Å². The number of anilines is 3. The molecule has 0 aliphatic rings. The fourth-order valence-electron chi connectivity index (χ4n) is 1.26. The molecule has 82 valence electrons. The van der Waals surface area contributed by atoms with E-state index in [1.165, 1.54) is 4.90 Å². The number of hydrogen-bond donors (Lipinski definition) is 2. The Morgan fingerprint density at radius 2 is 2.19 bits per heavy atom. The molecule has 3 N–H and O–H groups in total. The van der Waals surface area contributed by atoms with Crippen molar-refractivity contribution < 1.29 is 0 Å². The lowest BCUT2D eigenvalue weighted by atomic mass is 10.3. The highest BCUT2D eigenvalue weighted by Gasteiger charge is 1.98. The fraction of sp³-hybridized carbons (Fsp3) is 0.0909. The molecule has 0 saturated carbocycles. The Morgan fingerprint density at radius 1 is 1.31 bits per heavy atom. The summed E-state index contributed by atoms with van der Waals surface area (Å²) in [5.74, 6) is 0.969. The molecule has 2 rings (SSSR count). The molecule has 5 heteroatoms. The zero-order valence-corrected chi connectivity index (χ0v) is 9.66. The van der Waals surface area contributed by atoms with Crippen molar-refractivity contribution in [3.8, 4) is 0 Å². The second-order valence-corrected chi connectivity index (χ2v) is 4.04. The summed E-state index contributed by atoms with van der Waals surface area (Å²) in [4.78, 5) is 9.34. The lowest BCUT2D eigenvalue weighted by Gasteiger charge is -2.05. The first-order valence-electron chi connectivity index (χ1n) is 4.77. The molecule has 1 heterocycles. The predicted octanol–water partition coefficient (Wildman–Crippen LogP) is 2.52. The van der Waals surface area contributed by atoms with Gasteiger partial charge in [0.15, 0.2) is 0 Å². The van der Waals surface area contributed by atoms with Crippen LogP contribution in [-0.4, -0.2) is 16.2 Å². The number of hydrogen-bond acceptors (Lipinski definition) is 5. The quantitative estimate of drug-likeness (QED) is 0.796. The smallest absolute Gasteiger partial charge is 0.229 e. The first-order chi connectivity index (χ1) is 7.78. The summed E-state index contributed by atoms with van der Waals surface area (Å²) >= 11 is 1.69. The van der Waals surface area contributed by atoms with E-state index in [1.54, 1.807) is 24.0 Å². The van der Waals surface area contributed by atoms with Crippen LogP contribution in [-0.2, 0) is 0 Å². The van der Waals surface area contributed by atoms with E-state index < -0.39 is 0 Å². The van der Waals surface area contributed by atoms with Crippen molar-refractivity contribution in [2.45, 2.75) is 4.90 Å². The van der Waals surface area contributed by atoms with Crippen LogP contribution in [0.2, 0.25) is 0 Å². The average Bonchev–Trinajstić information content (AvgIpc) is 2.29. The molecule has 0 radical (unpaired) electrons. The van der Waals surface area contributed by atoms with Crippen molar-refractivity contribution in [2.24, 2.45) is 0 Å². The van der Waals surface area contributed by atoms with Crippen molar-refractivity contribution in [2.75, 3.05) is 17.3 Å². The van der Waals surface area contributed by atoms with Gasteiger partial charge < -0.3 is 11.1 Å². The van der Waals surface area contributed by atoms with E-state index in [-0.39, 0.29) is 0 Å². The first kappa shape index (κ1) is 10.8. The number of thioether (sulfide) groups is 1. The number of nitrogens with zero attached hydrogens (tertiary/aromatic N) is 2. The number of rotatable bonds is 3. The van der Waals surface area contributed by atoms with Crippen LogP contribution in [0.5, 0.6) is 0 Å². The van der Waals surface area contributed by atoms with E-state index in [4.69, 9.17) is 5.73 Å². The largest absolute Gasteiger partial charge is 0.384 e. The van der Waals surface area contributed by atoms with Crippen molar-refractivity contribution in [3.05, 3.63) is 36.5 Å². The molecule has 16 heavy (non-hydrogen) atoms. The summed E-state index contributed by atoms with van der Waals surface area (Å²) in [6.45, 7) is 0. The van der Waals surface area contributed by atoms with Gasteiger partial charge in [0, 0.05) is 16.8 Å². The van der Waals surface area contributed by atoms with E-state index >= 15 is 0 Å². The maximum absolute atomic E-state index is 5.57. The third-order valence-electron chi connectivity index (χ3n) is 2.00. The standard InChI is InChI=1S/C11H12N4S/c1-16-9-4-2-3-8(7-9)14-11-13-6-5-10(12)15-11/h2-7H,1H3,(H3,12,13,14,15). The van der Waals surface area contributed by atoms with Crippen LogP contribution in [0.4, 0.5) is 17.5 Å². The maximum Gasteiger partial charge on any atom is 0.229 e. The zero-order chi connectivity index (χ0) is 11.4. The average molecular weight is 232 g/mol. The summed E-state index contributed by atoms with van der Waals surface area (Å²) in [7, 11) is 0. The van der Waals surface area contributed by atoms with Gasteiger partial charge in [-0.1, -0.05) is 6.07 Å². The Balaban J connectivity index is 2.20. The van der Waals surface area contributed by atoms with E-state index in [0.717, 1.165) is 5.69 Å². The third kappa shape index (κ3) is 2.64. The van der Waals surface area contributed by atoms with Crippen LogP contribution in [0.3, 0.4) is 0 Å². The summed E-state index contributed by atoms with van der Waals surface area (Å²) in [6, 6.07) is 9.70. The van der Waals surface area contributed by atoms with Crippen LogP contribution in [0.25, 0.3) is 0 Å². The van der Waals surface area contributed by atoms with Crippen LogP contribution < -0.4 is 11.1 Å². The van der Waals surface area contributed by atoms with Gasteiger partial charge in [0.2, 0.25) is 5.95 Å². The normalized spacial score (nSPS) is 10.1. The number of nitrogens with two attached hydrogens (primary N) is 1. The summed E-state index contributed by atoms with van der Waals surface area (Å²) < 4.78 is 0. The van der Waals surface area contributed by atoms with E-state index in [9.17, 15) is 0 Å². The molecule has 1 aromatic carbocycles. The second kappa shape index (κ2) is 4.85. The van der Waals surface area contributed by atoms with Crippen LogP contribution in [0, 0.1) is 0 Å². The summed E-state index contributed by atoms with van der Waals surface area (Å²) in [5, 5.41) is 3.10. The zero-order valence-electron chi connectivity index (χ0n) is 8.84. The highest BCUT2D eigenvalue weighted by molar-refractivity contribution is 7.98. The lowest BCUT2D eigenvalue weighted by Crippen LogP contribution is -1.99. The molecule has 0 unspecified atom stereocenters. The summed E-state index contributed by atoms with van der Waals surface area (Å²) in [5.41, 5.74) is 6.53. The van der Waals surface area contributed by atoms with Gasteiger partial charge in [0.1, 0.15) is 5.82 Å². The minimum absolute atomic E-state index is 0.457. The Morgan fingerprint density at radius 3 is 2.94 bits per heavy atom. The van der Waals surface area contributed by atoms with Crippen molar-refractivity contribution in [1.29, 1.82) is 0 Å². The molecule has 0 bridgehead atoms. The third-order valence-corrected chi connectivity index (χ3v) is 2.73. The Bertz CT molecular complexity index is 487. The molecule has 0 aliphatic heterocycles. The fourth-order valence-corrected chi connectivity index (χ4v) is 1.72. The lowest BCUT2D eigenvalue weighted by molar-refractivity contribution is 1.17. The van der Waals surface area contributed by atoms with Gasteiger partial charge in [-0.3, -0.25) is 0 Å². The van der Waals surface area contributed by atoms with E-state index in [0.29, 0.717) is 11.8 Å². The monoisotopic (exact) mass is 232 g/mol. The highest BCUT2D eigenvalue weighted by atomic mass is 32.2. The Kier molecular flexibility index (Phi) is 3.26. The van der Waals surface area contributed by atoms with Crippen molar-refractivity contribution in [3.63, 3.8) is 0 Å². The molecular weight excluding hydrogens is 220 g/mol. The molecule has 4 nitrogen and oxygen atoms in total. The van der Waals surface area contributed by atoms with Gasteiger partial charge >= 0.3 is 0 Å². The maximum atomic E-state index is 5.57. The number of nitrogens with one attached hydrogen (secondary N) is 1. The number of nitrogen functional groups attached to an aromatic ring is 1. The van der Waals surface area contributed by atoms with Gasteiger partial charge in [-0.05, 0) is 30.5 Å². The van der Waals surface area contributed by atoms with E-state index in [1.807, 2.05) is 24.5 Å². The van der Waals surface area contributed by atoms with Gasteiger partial charge in [-0.2, -0.15) is 4.98 Å². The molecular formula is C11H12N4S. The van der Waals surface area contributed by atoms with E-state index in [2.05, 4.69) is 21.4 Å². The van der Waals surface area contributed by atoms with Crippen LogP contribution in [0.1, 0.15) is 0 Å². The topological polar surface area (TPSA) is 63.8 Å². The molecule has 2 aromatic rings. The molecule has 0 amide bonds. The minimum Gasteiger partial charge on any atom is -0.384 e. The van der Waals surface area contributed by atoms with Crippen LogP contribution in [0.15, 0.2) is 41.4 Å². The number of benzene rings is 1.